The zero-order chi connectivity index (χ0) is 20.1. The SMILES string of the molecule is CCOC(=O)COc1cc(C)cc(C)c1Cc1ccc(O)c(C(C)C)c1F. The molecule has 4 nitrogen and oxygen atoms in total. The molecule has 0 spiro atoms. The van der Waals surface area contributed by atoms with Crippen molar-refractivity contribution in [2.24, 2.45) is 0 Å². The molecule has 0 bridgehead atoms. The van der Waals surface area contributed by atoms with Crippen molar-refractivity contribution in [3.63, 3.8) is 0 Å². The first-order chi connectivity index (χ1) is 12.7. The van der Waals surface area contributed by atoms with Gasteiger partial charge in [-0.25, -0.2) is 9.18 Å². The quantitative estimate of drug-likeness (QED) is 0.707. The lowest BCUT2D eigenvalue weighted by Gasteiger charge is -2.17. The summed E-state index contributed by atoms with van der Waals surface area (Å²) in [4.78, 5) is 11.6. The summed E-state index contributed by atoms with van der Waals surface area (Å²) in [5.41, 5.74) is 3.54. The second kappa shape index (κ2) is 8.89. The molecule has 0 heterocycles. The van der Waals surface area contributed by atoms with Gasteiger partial charge >= 0.3 is 5.97 Å². The summed E-state index contributed by atoms with van der Waals surface area (Å²) >= 11 is 0. The Morgan fingerprint density at radius 3 is 2.56 bits per heavy atom. The van der Waals surface area contributed by atoms with Crippen molar-refractivity contribution in [3.05, 3.63) is 57.9 Å². The average molecular weight is 374 g/mol. The maximum atomic E-state index is 15.0. The van der Waals surface area contributed by atoms with Crippen LogP contribution in [0.25, 0.3) is 0 Å². The molecule has 0 radical (unpaired) electrons. The Morgan fingerprint density at radius 2 is 1.93 bits per heavy atom. The van der Waals surface area contributed by atoms with Gasteiger partial charge in [-0.15, -0.1) is 0 Å². The molecule has 0 aliphatic heterocycles. The Hall–Kier alpha value is -2.56. The van der Waals surface area contributed by atoms with Crippen LogP contribution < -0.4 is 4.74 Å². The molecule has 5 heteroatoms. The lowest BCUT2D eigenvalue weighted by Crippen LogP contribution is -2.15. The predicted octanol–water partition coefficient (Wildman–Crippen LogP) is 4.80. The third kappa shape index (κ3) is 5.00. The van der Waals surface area contributed by atoms with Crippen molar-refractivity contribution in [2.45, 2.75) is 47.0 Å². The van der Waals surface area contributed by atoms with Gasteiger partial charge in [0.1, 0.15) is 17.3 Å². The van der Waals surface area contributed by atoms with Crippen molar-refractivity contribution >= 4 is 5.97 Å². The fourth-order valence-corrected chi connectivity index (χ4v) is 3.16. The van der Waals surface area contributed by atoms with Crippen LogP contribution in [0.4, 0.5) is 4.39 Å². The van der Waals surface area contributed by atoms with E-state index in [1.54, 1.807) is 13.0 Å². The van der Waals surface area contributed by atoms with E-state index in [2.05, 4.69) is 0 Å². The van der Waals surface area contributed by atoms with E-state index in [0.29, 0.717) is 29.9 Å². The highest BCUT2D eigenvalue weighted by Gasteiger charge is 2.19. The molecule has 0 atom stereocenters. The lowest BCUT2D eigenvalue weighted by molar-refractivity contribution is -0.145. The molecule has 1 N–H and O–H groups in total. The Kier molecular flexibility index (Phi) is 6.83. The number of rotatable bonds is 7. The van der Waals surface area contributed by atoms with Gasteiger partial charge in [0.05, 0.1) is 6.61 Å². The summed E-state index contributed by atoms with van der Waals surface area (Å²) in [5.74, 6) is -0.477. The molecule has 0 aliphatic carbocycles. The van der Waals surface area contributed by atoms with Gasteiger partial charge in [0.15, 0.2) is 6.61 Å². The Bertz CT molecular complexity index is 828. The zero-order valence-electron chi connectivity index (χ0n) is 16.6. The van der Waals surface area contributed by atoms with Gasteiger partial charge < -0.3 is 14.6 Å². The molecule has 2 aromatic rings. The number of halogens is 1. The van der Waals surface area contributed by atoms with E-state index in [0.717, 1.165) is 16.7 Å². The van der Waals surface area contributed by atoms with Crippen LogP contribution >= 0.6 is 0 Å². The van der Waals surface area contributed by atoms with Crippen LogP contribution in [0.2, 0.25) is 0 Å². The third-order valence-electron chi connectivity index (χ3n) is 4.41. The van der Waals surface area contributed by atoms with E-state index in [4.69, 9.17) is 9.47 Å². The minimum absolute atomic E-state index is 0.0364. The molecule has 0 aromatic heterocycles. The summed E-state index contributed by atoms with van der Waals surface area (Å²) in [5, 5.41) is 9.98. The maximum Gasteiger partial charge on any atom is 0.344 e. The molecule has 0 unspecified atom stereocenters. The molecule has 0 fully saturated rings. The molecule has 0 saturated carbocycles. The van der Waals surface area contributed by atoms with Crippen LogP contribution in [0.5, 0.6) is 11.5 Å². The molecule has 2 aromatic carbocycles. The zero-order valence-corrected chi connectivity index (χ0v) is 16.6. The van der Waals surface area contributed by atoms with E-state index in [1.165, 1.54) is 6.07 Å². The number of carbonyl (C=O) groups is 1. The highest BCUT2D eigenvalue weighted by Crippen LogP contribution is 2.33. The van der Waals surface area contributed by atoms with E-state index >= 15 is 0 Å². The molecule has 0 amide bonds. The van der Waals surface area contributed by atoms with Crippen molar-refractivity contribution in [3.8, 4) is 11.5 Å². The van der Waals surface area contributed by atoms with Crippen LogP contribution in [-0.2, 0) is 16.0 Å². The van der Waals surface area contributed by atoms with Gasteiger partial charge in [-0.05, 0) is 55.5 Å². The summed E-state index contributed by atoms with van der Waals surface area (Å²) in [6.45, 7) is 9.38. The predicted molar refractivity (Wildman–Crippen MR) is 103 cm³/mol. The second-order valence-corrected chi connectivity index (χ2v) is 6.96. The first kappa shape index (κ1) is 20.7. The number of ether oxygens (including phenoxy) is 2. The smallest absolute Gasteiger partial charge is 0.344 e. The van der Waals surface area contributed by atoms with E-state index in [1.807, 2.05) is 39.8 Å². The van der Waals surface area contributed by atoms with Crippen molar-refractivity contribution < 1.29 is 23.8 Å². The van der Waals surface area contributed by atoms with Gasteiger partial charge in [-0.2, -0.15) is 0 Å². The summed E-state index contributed by atoms with van der Waals surface area (Å²) in [7, 11) is 0. The van der Waals surface area contributed by atoms with Crippen LogP contribution in [0.15, 0.2) is 24.3 Å². The number of phenols is 1. The molecular weight excluding hydrogens is 347 g/mol. The fourth-order valence-electron chi connectivity index (χ4n) is 3.16. The molecule has 0 aliphatic rings. The molecular formula is C22H27FO4. The lowest BCUT2D eigenvalue weighted by atomic mass is 9.93. The number of esters is 1. The first-order valence-electron chi connectivity index (χ1n) is 9.13. The topological polar surface area (TPSA) is 55.8 Å². The van der Waals surface area contributed by atoms with Crippen LogP contribution in [0, 0.1) is 19.7 Å². The number of aryl methyl sites for hydroxylation is 2. The van der Waals surface area contributed by atoms with E-state index in [9.17, 15) is 14.3 Å². The third-order valence-corrected chi connectivity index (χ3v) is 4.41. The largest absolute Gasteiger partial charge is 0.508 e. The summed E-state index contributed by atoms with van der Waals surface area (Å²) in [6, 6.07) is 6.94. The average Bonchev–Trinajstić information content (AvgIpc) is 2.57. The van der Waals surface area contributed by atoms with Gasteiger partial charge in [0.25, 0.3) is 0 Å². The minimum atomic E-state index is -0.444. The Balaban J connectivity index is 2.39. The number of benzene rings is 2. The highest BCUT2D eigenvalue weighted by molar-refractivity contribution is 5.71. The van der Waals surface area contributed by atoms with Gasteiger partial charge in [0.2, 0.25) is 0 Å². The van der Waals surface area contributed by atoms with Crippen LogP contribution in [0.1, 0.15) is 54.5 Å². The number of hydrogen-bond donors (Lipinski definition) is 1. The van der Waals surface area contributed by atoms with Gasteiger partial charge in [0, 0.05) is 17.5 Å². The minimum Gasteiger partial charge on any atom is -0.508 e. The number of hydrogen-bond acceptors (Lipinski definition) is 4. The maximum absolute atomic E-state index is 15.0. The van der Waals surface area contributed by atoms with Crippen molar-refractivity contribution in [2.75, 3.05) is 13.2 Å². The van der Waals surface area contributed by atoms with Crippen LogP contribution in [0.3, 0.4) is 0 Å². The van der Waals surface area contributed by atoms with Gasteiger partial charge in [-0.1, -0.05) is 26.0 Å². The molecule has 2 rings (SSSR count). The van der Waals surface area contributed by atoms with Crippen molar-refractivity contribution in [1.29, 1.82) is 0 Å². The normalized spacial score (nSPS) is 10.9. The van der Waals surface area contributed by atoms with Crippen LogP contribution in [-0.4, -0.2) is 24.3 Å². The van der Waals surface area contributed by atoms with E-state index < -0.39 is 11.8 Å². The summed E-state index contributed by atoms with van der Waals surface area (Å²) < 4.78 is 25.5. The Morgan fingerprint density at radius 1 is 1.22 bits per heavy atom. The van der Waals surface area contributed by atoms with Crippen molar-refractivity contribution in [1.82, 2.24) is 0 Å². The molecule has 0 saturated heterocycles. The second-order valence-electron chi connectivity index (χ2n) is 6.96. The molecule has 27 heavy (non-hydrogen) atoms. The number of aromatic hydroxyl groups is 1. The fraction of sp³-hybridized carbons (Fsp3) is 0.409. The number of phenolic OH excluding ortho intramolecular Hbond substituents is 1. The summed E-state index contributed by atoms with van der Waals surface area (Å²) in [6.07, 6.45) is 0.302. The number of carbonyl (C=O) groups excluding carboxylic acids is 1. The standard InChI is InChI=1S/C22H27FO4/c1-6-26-20(25)12-27-19-10-14(4)9-15(5)17(19)11-16-7-8-18(24)21(13(2)3)22(16)23/h7-10,13,24H,6,11-12H2,1-5H3. The van der Waals surface area contributed by atoms with E-state index in [-0.39, 0.29) is 18.3 Å². The Labute approximate surface area is 159 Å². The highest BCUT2D eigenvalue weighted by atomic mass is 19.1. The monoisotopic (exact) mass is 374 g/mol. The first-order valence-corrected chi connectivity index (χ1v) is 9.13. The molecule has 146 valence electrons. The van der Waals surface area contributed by atoms with Gasteiger partial charge in [-0.3, -0.25) is 0 Å².